The lowest BCUT2D eigenvalue weighted by atomic mass is 10.1. The highest BCUT2D eigenvalue weighted by Crippen LogP contribution is 2.23. The van der Waals surface area contributed by atoms with Crippen molar-refractivity contribution in [3.63, 3.8) is 0 Å². The van der Waals surface area contributed by atoms with Gasteiger partial charge in [-0.15, -0.1) is 16.4 Å². The van der Waals surface area contributed by atoms with E-state index in [1.807, 2.05) is 31.4 Å². The Labute approximate surface area is 151 Å². The molecule has 0 saturated heterocycles. The van der Waals surface area contributed by atoms with Gasteiger partial charge in [-0.05, 0) is 47.5 Å². The first-order chi connectivity index (χ1) is 12.1. The summed E-state index contributed by atoms with van der Waals surface area (Å²) in [6, 6.07) is 7.73. The molecule has 25 heavy (non-hydrogen) atoms. The first kappa shape index (κ1) is 16.0. The Balaban J connectivity index is 1.61. The van der Waals surface area contributed by atoms with Gasteiger partial charge in [0, 0.05) is 23.4 Å². The van der Waals surface area contributed by atoms with Gasteiger partial charge in [-0.3, -0.25) is 9.20 Å². The van der Waals surface area contributed by atoms with Gasteiger partial charge in [0.15, 0.2) is 4.96 Å². The zero-order valence-electron chi connectivity index (χ0n) is 13.6. The molecule has 126 valence electrons. The van der Waals surface area contributed by atoms with E-state index < -0.39 is 0 Å². The number of hydrogen-bond donors (Lipinski definition) is 0. The van der Waals surface area contributed by atoms with Crippen LogP contribution in [0.3, 0.4) is 0 Å². The van der Waals surface area contributed by atoms with Crippen LogP contribution in [0.4, 0.5) is 0 Å². The minimum atomic E-state index is -0.0734. The van der Waals surface area contributed by atoms with E-state index in [9.17, 15) is 4.79 Å². The van der Waals surface area contributed by atoms with Gasteiger partial charge in [0.2, 0.25) is 5.16 Å². The molecule has 4 rings (SSSR count). The van der Waals surface area contributed by atoms with Crippen LogP contribution in [0.15, 0.2) is 45.8 Å². The molecule has 0 aliphatic carbocycles. The molecule has 7 nitrogen and oxygen atoms in total. The normalized spacial score (nSPS) is 11.3. The van der Waals surface area contributed by atoms with Crippen molar-refractivity contribution in [2.75, 3.05) is 0 Å². The number of thioether (sulfide) groups is 1. The topological polar surface area (TPSA) is 78.0 Å². The van der Waals surface area contributed by atoms with Gasteiger partial charge in [-0.2, -0.15) is 4.68 Å². The summed E-state index contributed by atoms with van der Waals surface area (Å²) in [5, 5.41) is 14.5. The second-order valence-corrected chi connectivity index (χ2v) is 7.46. The fourth-order valence-electron chi connectivity index (χ4n) is 2.60. The molecule has 0 spiro atoms. The van der Waals surface area contributed by atoms with Crippen LogP contribution in [-0.2, 0) is 5.75 Å². The van der Waals surface area contributed by atoms with Gasteiger partial charge in [0.25, 0.3) is 5.56 Å². The number of benzene rings is 1. The van der Waals surface area contributed by atoms with Crippen LogP contribution in [0.5, 0.6) is 0 Å². The molecule has 0 fully saturated rings. The van der Waals surface area contributed by atoms with Gasteiger partial charge in [0.1, 0.15) is 0 Å². The lowest BCUT2D eigenvalue weighted by Crippen LogP contribution is -2.12. The van der Waals surface area contributed by atoms with Crippen LogP contribution in [0, 0.1) is 13.8 Å². The second kappa shape index (κ2) is 6.41. The number of rotatable bonds is 4. The molecule has 0 N–H and O–H groups in total. The summed E-state index contributed by atoms with van der Waals surface area (Å²) in [5.74, 6) is 0.523. The molecule has 1 aromatic carbocycles. The lowest BCUT2D eigenvalue weighted by molar-refractivity contribution is 0.755. The van der Waals surface area contributed by atoms with Crippen LogP contribution in [-0.4, -0.2) is 29.6 Å². The van der Waals surface area contributed by atoms with Crippen LogP contribution in [0.2, 0.25) is 0 Å². The van der Waals surface area contributed by atoms with E-state index >= 15 is 0 Å². The number of hydrogen-bond acceptors (Lipinski definition) is 7. The maximum absolute atomic E-state index is 12.1. The smallest absolute Gasteiger partial charge is 0.258 e. The third-order valence-electron chi connectivity index (χ3n) is 3.60. The van der Waals surface area contributed by atoms with Crippen molar-refractivity contribution in [2.45, 2.75) is 24.8 Å². The van der Waals surface area contributed by atoms with E-state index in [4.69, 9.17) is 0 Å². The minimum absolute atomic E-state index is 0.0734. The highest BCUT2D eigenvalue weighted by Gasteiger charge is 2.11. The molecular formula is C16H14N6OS2. The zero-order valence-corrected chi connectivity index (χ0v) is 15.2. The molecule has 0 aliphatic heterocycles. The van der Waals surface area contributed by atoms with Crippen molar-refractivity contribution in [3.8, 4) is 5.69 Å². The Morgan fingerprint density at radius 3 is 2.76 bits per heavy atom. The number of nitrogens with zero attached hydrogens (tertiary/aromatic N) is 6. The van der Waals surface area contributed by atoms with Crippen LogP contribution in [0.25, 0.3) is 10.6 Å². The molecule has 0 unspecified atom stereocenters. The van der Waals surface area contributed by atoms with Gasteiger partial charge in [-0.1, -0.05) is 17.8 Å². The van der Waals surface area contributed by atoms with Crippen molar-refractivity contribution in [1.82, 2.24) is 29.6 Å². The molecule has 0 bridgehead atoms. The first-order valence-electron chi connectivity index (χ1n) is 7.56. The predicted molar refractivity (Wildman–Crippen MR) is 97.5 cm³/mol. The monoisotopic (exact) mass is 370 g/mol. The Kier molecular flexibility index (Phi) is 4.10. The van der Waals surface area contributed by atoms with E-state index in [-0.39, 0.29) is 5.56 Å². The molecule has 0 amide bonds. The third kappa shape index (κ3) is 3.20. The molecule has 0 radical (unpaired) electrons. The quantitative estimate of drug-likeness (QED) is 0.514. The number of aryl methyl sites for hydroxylation is 2. The largest absolute Gasteiger partial charge is 0.269 e. The van der Waals surface area contributed by atoms with E-state index in [1.54, 1.807) is 21.3 Å². The average molecular weight is 370 g/mol. The number of aromatic nitrogens is 6. The van der Waals surface area contributed by atoms with Gasteiger partial charge in [-0.25, -0.2) is 4.98 Å². The van der Waals surface area contributed by atoms with E-state index in [2.05, 4.69) is 26.6 Å². The maximum atomic E-state index is 12.1. The van der Waals surface area contributed by atoms with E-state index in [0.717, 1.165) is 16.8 Å². The second-order valence-electron chi connectivity index (χ2n) is 5.65. The van der Waals surface area contributed by atoms with E-state index in [1.165, 1.54) is 23.1 Å². The van der Waals surface area contributed by atoms with Crippen molar-refractivity contribution < 1.29 is 0 Å². The molecule has 9 heteroatoms. The summed E-state index contributed by atoms with van der Waals surface area (Å²) in [6.07, 6.45) is 1.73. The number of tetrazole rings is 1. The van der Waals surface area contributed by atoms with Gasteiger partial charge >= 0.3 is 0 Å². The molecular weight excluding hydrogens is 356 g/mol. The first-order valence-corrected chi connectivity index (χ1v) is 9.42. The third-order valence-corrected chi connectivity index (χ3v) is 5.31. The van der Waals surface area contributed by atoms with Crippen LogP contribution >= 0.6 is 23.1 Å². The van der Waals surface area contributed by atoms with E-state index in [0.29, 0.717) is 21.6 Å². The van der Waals surface area contributed by atoms with Crippen molar-refractivity contribution in [3.05, 3.63) is 63.0 Å². The van der Waals surface area contributed by atoms with Crippen molar-refractivity contribution >= 4 is 28.1 Å². The van der Waals surface area contributed by atoms with Gasteiger partial charge in [0.05, 0.1) is 11.4 Å². The summed E-state index contributed by atoms with van der Waals surface area (Å²) >= 11 is 2.89. The molecule has 0 saturated carbocycles. The average Bonchev–Trinajstić information content (AvgIpc) is 3.21. The fraction of sp³-hybridized carbons (Fsp3) is 0.188. The maximum Gasteiger partial charge on any atom is 0.258 e. The number of thiazole rings is 1. The Morgan fingerprint density at radius 1 is 1.16 bits per heavy atom. The minimum Gasteiger partial charge on any atom is -0.269 e. The highest BCUT2D eigenvalue weighted by molar-refractivity contribution is 7.98. The van der Waals surface area contributed by atoms with Crippen LogP contribution in [0.1, 0.15) is 16.8 Å². The standard InChI is InChI=1S/C16H14N6OS2/c1-10-5-11(2)7-13(6-10)22-16(18-19-20-22)25-9-12-8-14(23)21-3-4-24-15(21)17-12/h3-8H,9H2,1-2H3. The fourth-order valence-corrected chi connectivity index (χ4v) is 4.13. The summed E-state index contributed by atoms with van der Waals surface area (Å²) in [4.78, 5) is 17.3. The molecule has 3 aromatic heterocycles. The lowest BCUT2D eigenvalue weighted by Gasteiger charge is -2.06. The number of fused-ring (bicyclic) bond motifs is 1. The Bertz CT molecular complexity index is 1090. The summed E-state index contributed by atoms with van der Waals surface area (Å²) < 4.78 is 3.25. The summed E-state index contributed by atoms with van der Waals surface area (Å²) in [5.41, 5.74) is 3.87. The van der Waals surface area contributed by atoms with Crippen LogP contribution < -0.4 is 5.56 Å². The predicted octanol–water partition coefficient (Wildman–Crippen LogP) is 2.64. The Hall–Kier alpha value is -2.52. The Morgan fingerprint density at radius 2 is 1.96 bits per heavy atom. The van der Waals surface area contributed by atoms with Gasteiger partial charge < -0.3 is 0 Å². The molecule has 4 aromatic rings. The zero-order chi connectivity index (χ0) is 17.4. The highest BCUT2D eigenvalue weighted by atomic mass is 32.2. The molecule has 0 aliphatic rings. The SMILES string of the molecule is Cc1cc(C)cc(-n2nnnc2SCc2cc(=O)n3ccsc3n2)c1. The summed E-state index contributed by atoms with van der Waals surface area (Å²) in [7, 11) is 0. The molecule has 3 heterocycles. The van der Waals surface area contributed by atoms with Crippen molar-refractivity contribution in [2.24, 2.45) is 0 Å². The molecule has 0 atom stereocenters. The van der Waals surface area contributed by atoms with Crippen molar-refractivity contribution in [1.29, 1.82) is 0 Å². The summed E-state index contributed by atoms with van der Waals surface area (Å²) in [6.45, 7) is 4.09.